The Balaban J connectivity index is 1.74. The number of hydrogen-bond acceptors (Lipinski definition) is 4. The maximum atomic E-state index is 12.7. The predicted molar refractivity (Wildman–Crippen MR) is 93.6 cm³/mol. The molecule has 0 unspecified atom stereocenters. The monoisotopic (exact) mass is 361 g/mol. The Morgan fingerprint density at radius 1 is 0.958 bits per heavy atom. The summed E-state index contributed by atoms with van der Waals surface area (Å²) in [6.07, 6.45) is 0. The molecule has 5 nitrogen and oxygen atoms in total. The number of sulfonamides is 1. The second-order valence-corrected chi connectivity index (χ2v) is 7.82. The van der Waals surface area contributed by atoms with Gasteiger partial charge in [-0.1, -0.05) is 23.7 Å². The Morgan fingerprint density at radius 2 is 1.58 bits per heavy atom. The van der Waals surface area contributed by atoms with Crippen LogP contribution in [0.2, 0.25) is 5.02 Å². The first-order valence-electron chi connectivity index (χ1n) is 7.52. The van der Waals surface area contributed by atoms with Gasteiger partial charge in [0, 0.05) is 26.2 Å². The maximum absolute atomic E-state index is 12.7. The third-order valence-corrected chi connectivity index (χ3v) is 6.29. The lowest BCUT2D eigenvalue weighted by atomic mass is 10.2. The van der Waals surface area contributed by atoms with E-state index in [1.54, 1.807) is 0 Å². The molecule has 0 N–H and O–H groups in total. The molecule has 24 heavy (non-hydrogen) atoms. The van der Waals surface area contributed by atoms with Crippen molar-refractivity contribution in [3.63, 3.8) is 0 Å². The van der Waals surface area contributed by atoms with Crippen LogP contribution in [0.4, 0.5) is 5.69 Å². The van der Waals surface area contributed by atoms with Gasteiger partial charge in [0.1, 0.15) is 0 Å². The zero-order valence-corrected chi connectivity index (χ0v) is 14.5. The van der Waals surface area contributed by atoms with Crippen molar-refractivity contribution in [1.29, 1.82) is 5.26 Å². The molecular weight excluding hydrogens is 346 g/mol. The minimum absolute atomic E-state index is 0.215. The summed E-state index contributed by atoms with van der Waals surface area (Å²) in [6.45, 7) is 1.96. The zero-order valence-electron chi connectivity index (χ0n) is 12.9. The van der Waals surface area contributed by atoms with E-state index in [2.05, 4.69) is 4.90 Å². The molecule has 124 valence electrons. The number of piperazine rings is 1. The van der Waals surface area contributed by atoms with E-state index in [1.807, 2.05) is 30.3 Å². The van der Waals surface area contributed by atoms with E-state index in [9.17, 15) is 8.42 Å². The largest absolute Gasteiger partial charge is 0.368 e. The van der Waals surface area contributed by atoms with E-state index >= 15 is 0 Å². The fraction of sp³-hybridized carbons (Fsp3) is 0.235. The zero-order chi connectivity index (χ0) is 17.2. The Bertz CT molecular complexity index is 867. The first-order valence-corrected chi connectivity index (χ1v) is 9.34. The highest BCUT2D eigenvalue weighted by molar-refractivity contribution is 7.89. The highest BCUT2D eigenvalue weighted by Crippen LogP contribution is 2.27. The molecular formula is C17H16ClN3O2S. The van der Waals surface area contributed by atoms with Crippen molar-refractivity contribution in [3.05, 3.63) is 59.1 Å². The number of benzene rings is 2. The van der Waals surface area contributed by atoms with E-state index in [0.717, 1.165) is 5.69 Å². The van der Waals surface area contributed by atoms with Crippen LogP contribution < -0.4 is 4.90 Å². The summed E-state index contributed by atoms with van der Waals surface area (Å²) in [5, 5.41) is 9.48. The molecule has 2 aromatic carbocycles. The van der Waals surface area contributed by atoms with Gasteiger partial charge in [-0.05, 0) is 36.4 Å². The minimum atomic E-state index is -3.54. The molecule has 0 spiro atoms. The van der Waals surface area contributed by atoms with Crippen LogP contribution in [-0.2, 0) is 10.0 Å². The Kier molecular flexibility index (Phi) is 4.76. The van der Waals surface area contributed by atoms with E-state index in [1.165, 1.54) is 28.6 Å². The van der Waals surface area contributed by atoms with Gasteiger partial charge in [0.25, 0.3) is 0 Å². The Hall–Kier alpha value is -2.07. The molecule has 0 amide bonds. The van der Waals surface area contributed by atoms with Crippen LogP contribution in [0.5, 0.6) is 0 Å². The normalized spacial score (nSPS) is 15.9. The lowest BCUT2D eigenvalue weighted by Gasteiger charge is -2.35. The average Bonchev–Trinajstić information content (AvgIpc) is 2.62. The molecule has 0 radical (unpaired) electrons. The van der Waals surface area contributed by atoms with Gasteiger partial charge in [0.15, 0.2) is 0 Å². The SMILES string of the molecule is N#Cc1ccc(S(=O)(=O)N2CCN(c3ccccc3Cl)CC2)cc1. The lowest BCUT2D eigenvalue weighted by molar-refractivity contribution is 0.385. The minimum Gasteiger partial charge on any atom is -0.368 e. The molecule has 1 aliphatic rings. The molecule has 1 heterocycles. The summed E-state index contributed by atoms with van der Waals surface area (Å²) >= 11 is 6.21. The molecule has 0 saturated carbocycles. The number of para-hydroxylation sites is 1. The summed E-state index contributed by atoms with van der Waals surface area (Å²) in [5.74, 6) is 0. The highest BCUT2D eigenvalue weighted by atomic mass is 35.5. The Morgan fingerprint density at radius 3 is 2.17 bits per heavy atom. The van der Waals surface area contributed by atoms with Gasteiger partial charge in [0.05, 0.1) is 27.2 Å². The molecule has 0 atom stereocenters. The van der Waals surface area contributed by atoms with Crippen LogP contribution in [-0.4, -0.2) is 38.9 Å². The van der Waals surface area contributed by atoms with E-state index < -0.39 is 10.0 Å². The van der Waals surface area contributed by atoms with Gasteiger partial charge in [-0.25, -0.2) is 8.42 Å². The first kappa shape index (κ1) is 16.8. The number of halogens is 1. The number of nitriles is 1. The number of hydrogen-bond donors (Lipinski definition) is 0. The van der Waals surface area contributed by atoms with Gasteiger partial charge in [-0.2, -0.15) is 9.57 Å². The first-order chi connectivity index (χ1) is 11.5. The Labute approximate surface area is 146 Å². The highest BCUT2D eigenvalue weighted by Gasteiger charge is 2.28. The van der Waals surface area contributed by atoms with Gasteiger partial charge in [-0.15, -0.1) is 0 Å². The molecule has 0 bridgehead atoms. The van der Waals surface area contributed by atoms with Crippen molar-refractivity contribution in [1.82, 2.24) is 4.31 Å². The van der Waals surface area contributed by atoms with Crippen LogP contribution >= 0.6 is 11.6 Å². The standard InChI is InChI=1S/C17H16ClN3O2S/c18-16-3-1-2-4-17(16)20-9-11-21(12-10-20)24(22,23)15-7-5-14(13-19)6-8-15/h1-8H,9-12H2. The third kappa shape index (κ3) is 3.24. The second-order valence-electron chi connectivity index (χ2n) is 5.48. The van der Waals surface area contributed by atoms with Crippen molar-refractivity contribution < 1.29 is 8.42 Å². The van der Waals surface area contributed by atoms with E-state index in [4.69, 9.17) is 16.9 Å². The molecule has 7 heteroatoms. The third-order valence-electron chi connectivity index (χ3n) is 4.05. The van der Waals surface area contributed by atoms with Crippen LogP contribution in [0.15, 0.2) is 53.4 Å². The molecule has 0 aromatic heterocycles. The molecule has 1 saturated heterocycles. The number of nitrogens with zero attached hydrogens (tertiary/aromatic N) is 3. The summed E-state index contributed by atoms with van der Waals surface area (Å²) < 4.78 is 26.9. The second kappa shape index (κ2) is 6.81. The van der Waals surface area contributed by atoms with E-state index in [0.29, 0.717) is 36.8 Å². The summed E-state index contributed by atoms with van der Waals surface area (Å²) in [4.78, 5) is 2.31. The molecule has 0 aliphatic carbocycles. The van der Waals surface area contributed by atoms with Crippen molar-refractivity contribution in [2.24, 2.45) is 0 Å². The molecule has 3 rings (SSSR count). The molecule has 1 fully saturated rings. The maximum Gasteiger partial charge on any atom is 0.243 e. The topological polar surface area (TPSA) is 64.4 Å². The summed E-state index contributed by atoms with van der Waals surface area (Å²) in [5.41, 5.74) is 1.37. The van der Waals surface area contributed by atoms with Gasteiger partial charge >= 0.3 is 0 Å². The van der Waals surface area contributed by atoms with Crippen molar-refractivity contribution in [2.75, 3.05) is 31.1 Å². The molecule has 2 aromatic rings. The van der Waals surface area contributed by atoms with Gasteiger partial charge in [0.2, 0.25) is 10.0 Å². The summed E-state index contributed by atoms with van der Waals surface area (Å²) in [7, 11) is -3.54. The van der Waals surface area contributed by atoms with Crippen molar-refractivity contribution >= 4 is 27.3 Å². The molecule has 1 aliphatic heterocycles. The van der Waals surface area contributed by atoms with Crippen LogP contribution in [0.1, 0.15) is 5.56 Å². The van der Waals surface area contributed by atoms with Crippen LogP contribution in [0, 0.1) is 11.3 Å². The predicted octanol–water partition coefficient (Wildman–Crippen LogP) is 2.72. The van der Waals surface area contributed by atoms with Gasteiger partial charge in [-0.3, -0.25) is 0 Å². The van der Waals surface area contributed by atoms with Crippen LogP contribution in [0.3, 0.4) is 0 Å². The smallest absolute Gasteiger partial charge is 0.243 e. The summed E-state index contributed by atoms with van der Waals surface area (Å²) in [6, 6.07) is 15.5. The van der Waals surface area contributed by atoms with E-state index in [-0.39, 0.29) is 4.90 Å². The quantitative estimate of drug-likeness (QED) is 0.843. The fourth-order valence-electron chi connectivity index (χ4n) is 2.73. The van der Waals surface area contributed by atoms with Gasteiger partial charge < -0.3 is 4.90 Å². The number of anilines is 1. The lowest BCUT2D eigenvalue weighted by Crippen LogP contribution is -2.48. The van der Waals surface area contributed by atoms with Crippen molar-refractivity contribution in [2.45, 2.75) is 4.90 Å². The average molecular weight is 362 g/mol. The van der Waals surface area contributed by atoms with Crippen LogP contribution in [0.25, 0.3) is 0 Å². The van der Waals surface area contributed by atoms with Crippen molar-refractivity contribution in [3.8, 4) is 6.07 Å². The fourth-order valence-corrected chi connectivity index (χ4v) is 4.41. The number of rotatable bonds is 3.